The van der Waals surface area contributed by atoms with Crippen molar-refractivity contribution in [3.63, 3.8) is 0 Å². The Morgan fingerprint density at radius 2 is 1.83 bits per heavy atom. The van der Waals surface area contributed by atoms with E-state index in [2.05, 4.69) is 20.5 Å². The molecule has 1 fully saturated rings. The highest BCUT2D eigenvalue weighted by Gasteiger charge is 2.23. The summed E-state index contributed by atoms with van der Waals surface area (Å²) < 4.78 is 46.6. The van der Waals surface area contributed by atoms with E-state index in [-0.39, 0.29) is 24.0 Å². The number of hydrogen-bond acceptors (Lipinski definition) is 3. The zero-order valence-electron chi connectivity index (χ0n) is 17.0. The third-order valence-corrected chi connectivity index (χ3v) is 4.94. The normalized spacial score (nSPS) is 16.3. The van der Waals surface area contributed by atoms with Crippen molar-refractivity contribution in [1.29, 1.82) is 0 Å². The van der Waals surface area contributed by atoms with E-state index >= 15 is 0 Å². The lowest BCUT2D eigenvalue weighted by Crippen LogP contribution is -2.46. The van der Waals surface area contributed by atoms with Crippen molar-refractivity contribution >= 4 is 5.96 Å². The Labute approximate surface area is 174 Å². The van der Waals surface area contributed by atoms with Gasteiger partial charge in [-0.2, -0.15) is 0 Å². The molecule has 8 heteroatoms. The number of nitrogens with zero attached hydrogens (tertiary/aromatic N) is 2. The van der Waals surface area contributed by atoms with E-state index in [1.54, 1.807) is 6.07 Å². The van der Waals surface area contributed by atoms with Crippen LogP contribution in [0.25, 0.3) is 0 Å². The van der Waals surface area contributed by atoms with E-state index in [9.17, 15) is 13.2 Å². The van der Waals surface area contributed by atoms with Gasteiger partial charge < -0.3 is 15.4 Å². The van der Waals surface area contributed by atoms with Gasteiger partial charge in [-0.25, -0.2) is 18.2 Å². The SMILES string of the molecule is CCNC(=NCc1cc(F)ccc1F)NCC(c1cccc(F)c1)N1CCOCC1. The smallest absolute Gasteiger partial charge is 0.191 e. The first-order chi connectivity index (χ1) is 14.6. The molecule has 5 nitrogen and oxygen atoms in total. The van der Waals surface area contributed by atoms with E-state index in [0.29, 0.717) is 32.3 Å². The minimum Gasteiger partial charge on any atom is -0.379 e. The maximum Gasteiger partial charge on any atom is 0.191 e. The van der Waals surface area contributed by atoms with Gasteiger partial charge in [0.15, 0.2) is 5.96 Å². The fraction of sp³-hybridized carbons (Fsp3) is 0.409. The first-order valence-electron chi connectivity index (χ1n) is 10.1. The molecular formula is C22H27F3N4O. The average molecular weight is 420 g/mol. The standard InChI is InChI=1S/C22H27F3N4O/c1-2-26-22(27-14-17-13-19(24)6-7-20(17)25)28-15-21(29-8-10-30-11-9-29)16-4-3-5-18(23)12-16/h3-7,12-13,21H,2,8-11,14-15H2,1H3,(H2,26,27,28). The van der Waals surface area contributed by atoms with Gasteiger partial charge in [-0.1, -0.05) is 12.1 Å². The molecule has 0 spiro atoms. The van der Waals surface area contributed by atoms with Crippen LogP contribution in [0.3, 0.4) is 0 Å². The fourth-order valence-corrected chi connectivity index (χ4v) is 3.42. The largest absolute Gasteiger partial charge is 0.379 e. The summed E-state index contributed by atoms with van der Waals surface area (Å²) in [4.78, 5) is 6.62. The Bertz CT molecular complexity index is 856. The van der Waals surface area contributed by atoms with Gasteiger partial charge in [0.05, 0.1) is 25.8 Å². The molecule has 162 valence electrons. The summed E-state index contributed by atoms with van der Waals surface area (Å²) in [5, 5.41) is 6.37. The van der Waals surface area contributed by atoms with Gasteiger partial charge in [-0.15, -0.1) is 0 Å². The minimum atomic E-state index is -0.502. The second-order valence-corrected chi connectivity index (χ2v) is 7.03. The molecule has 2 N–H and O–H groups in total. The number of guanidine groups is 1. The molecular weight excluding hydrogens is 393 g/mol. The lowest BCUT2D eigenvalue weighted by Gasteiger charge is -2.35. The predicted octanol–water partition coefficient (Wildman–Crippen LogP) is 3.23. The van der Waals surface area contributed by atoms with E-state index in [1.165, 1.54) is 12.1 Å². The first-order valence-corrected chi connectivity index (χ1v) is 10.1. The summed E-state index contributed by atoms with van der Waals surface area (Å²) >= 11 is 0. The van der Waals surface area contributed by atoms with Crippen LogP contribution in [-0.4, -0.2) is 50.3 Å². The summed E-state index contributed by atoms with van der Waals surface area (Å²) in [5.41, 5.74) is 1.04. The van der Waals surface area contributed by atoms with Crippen LogP contribution >= 0.6 is 0 Å². The lowest BCUT2D eigenvalue weighted by molar-refractivity contribution is 0.0169. The van der Waals surface area contributed by atoms with E-state index in [1.807, 2.05) is 13.0 Å². The Balaban J connectivity index is 1.74. The predicted molar refractivity (Wildman–Crippen MR) is 111 cm³/mol. The number of rotatable bonds is 7. The summed E-state index contributed by atoms with van der Waals surface area (Å²) in [7, 11) is 0. The molecule has 0 amide bonds. The van der Waals surface area contributed by atoms with Gasteiger partial charge >= 0.3 is 0 Å². The highest BCUT2D eigenvalue weighted by molar-refractivity contribution is 5.79. The van der Waals surface area contributed by atoms with Crippen LogP contribution in [0, 0.1) is 17.5 Å². The van der Waals surface area contributed by atoms with Crippen LogP contribution in [0.5, 0.6) is 0 Å². The van der Waals surface area contributed by atoms with Crippen LogP contribution in [0.4, 0.5) is 13.2 Å². The molecule has 0 aromatic heterocycles. The van der Waals surface area contributed by atoms with Crippen LogP contribution in [0.1, 0.15) is 24.1 Å². The van der Waals surface area contributed by atoms with Crippen molar-refractivity contribution in [3.8, 4) is 0 Å². The van der Waals surface area contributed by atoms with Crippen molar-refractivity contribution < 1.29 is 17.9 Å². The Morgan fingerprint density at radius 1 is 1.07 bits per heavy atom. The molecule has 3 rings (SSSR count). The number of benzene rings is 2. The second-order valence-electron chi connectivity index (χ2n) is 7.03. The number of aliphatic imine (C=N–C) groups is 1. The topological polar surface area (TPSA) is 48.9 Å². The van der Waals surface area contributed by atoms with E-state index in [4.69, 9.17) is 4.74 Å². The van der Waals surface area contributed by atoms with Gasteiger partial charge in [-0.3, -0.25) is 4.90 Å². The highest BCUT2D eigenvalue weighted by Crippen LogP contribution is 2.22. The molecule has 1 atom stereocenters. The molecule has 1 saturated heterocycles. The maximum absolute atomic E-state index is 13.9. The lowest BCUT2D eigenvalue weighted by atomic mass is 10.0. The van der Waals surface area contributed by atoms with Crippen molar-refractivity contribution in [2.45, 2.75) is 19.5 Å². The number of nitrogens with one attached hydrogen (secondary N) is 2. The average Bonchev–Trinajstić information content (AvgIpc) is 2.75. The molecule has 1 aliphatic rings. The van der Waals surface area contributed by atoms with Crippen LogP contribution in [0.2, 0.25) is 0 Å². The third kappa shape index (κ3) is 6.21. The Kier molecular flexibility index (Phi) is 8.10. The fourth-order valence-electron chi connectivity index (χ4n) is 3.42. The molecule has 2 aromatic carbocycles. The zero-order chi connectivity index (χ0) is 21.3. The number of halogens is 3. The quantitative estimate of drug-likeness (QED) is 0.534. The molecule has 1 aliphatic heterocycles. The summed E-state index contributed by atoms with van der Waals surface area (Å²) in [6, 6.07) is 9.80. The molecule has 0 aliphatic carbocycles. The zero-order valence-corrected chi connectivity index (χ0v) is 17.0. The van der Waals surface area contributed by atoms with E-state index in [0.717, 1.165) is 36.9 Å². The minimum absolute atomic E-state index is 0.00110. The van der Waals surface area contributed by atoms with Crippen molar-refractivity contribution in [2.24, 2.45) is 4.99 Å². The molecule has 0 radical (unpaired) electrons. The van der Waals surface area contributed by atoms with Crippen LogP contribution in [0.15, 0.2) is 47.5 Å². The summed E-state index contributed by atoms with van der Waals surface area (Å²) in [5.74, 6) is -0.802. The van der Waals surface area contributed by atoms with Gasteiger partial charge in [0.25, 0.3) is 0 Å². The molecule has 2 aromatic rings. The summed E-state index contributed by atoms with van der Waals surface area (Å²) in [6.07, 6.45) is 0. The highest BCUT2D eigenvalue weighted by atomic mass is 19.1. The Morgan fingerprint density at radius 3 is 2.57 bits per heavy atom. The van der Waals surface area contributed by atoms with Gasteiger partial charge in [0.2, 0.25) is 0 Å². The van der Waals surface area contributed by atoms with E-state index < -0.39 is 11.6 Å². The van der Waals surface area contributed by atoms with Gasteiger partial charge in [-0.05, 0) is 42.8 Å². The second kappa shape index (κ2) is 11.0. The first kappa shape index (κ1) is 22.1. The Hall–Kier alpha value is -2.58. The molecule has 30 heavy (non-hydrogen) atoms. The maximum atomic E-state index is 13.9. The van der Waals surface area contributed by atoms with Crippen LogP contribution < -0.4 is 10.6 Å². The number of ether oxygens (including phenoxy) is 1. The monoisotopic (exact) mass is 420 g/mol. The number of hydrogen-bond donors (Lipinski definition) is 2. The molecule has 0 bridgehead atoms. The molecule has 1 heterocycles. The summed E-state index contributed by atoms with van der Waals surface area (Å²) in [6.45, 7) is 5.74. The van der Waals surface area contributed by atoms with Crippen molar-refractivity contribution in [3.05, 3.63) is 71.0 Å². The molecule has 1 unspecified atom stereocenters. The van der Waals surface area contributed by atoms with Crippen molar-refractivity contribution in [1.82, 2.24) is 15.5 Å². The van der Waals surface area contributed by atoms with Gasteiger partial charge in [0.1, 0.15) is 17.5 Å². The van der Waals surface area contributed by atoms with Gasteiger partial charge in [0, 0.05) is 31.7 Å². The van der Waals surface area contributed by atoms with Crippen LogP contribution in [-0.2, 0) is 11.3 Å². The number of morpholine rings is 1. The van der Waals surface area contributed by atoms with Crippen molar-refractivity contribution in [2.75, 3.05) is 39.4 Å². The molecule has 0 saturated carbocycles. The third-order valence-electron chi connectivity index (χ3n) is 4.94.